The Kier molecular flexibility index (Phi) is 4.89. The van der Waals surface area contributed by atoms with Crippen molar-refractivity contribution in [2.45, 2.75) is 26.4 Å². The Balaban J connectivity index is 1.75. The van der Waals surface area contributed by atoms with Gasteiger partial charge >= 0.3 is 5.97 Å². The van der Waals surface area contributed by atoms with Gasteiger partial charge in [-0.1, -0.05) is 28.0 Å². The Hall–Kier alpha value is -2.61. The number of nitrogens with one attached hydrogen (secondary N) is 2. The lowest BCUT2D eigenvalue weighted by atomic mass is 10.2. The fourth-order valence-electron chi connectivity index (χ4n) is 2.41. The predicted molar refractivity (Wildman–Crippen MR) is 95.4 cm³/mol. The van der Waals surface area contributed by atoms with Crippen LogP contribution in [0.25, 0.3) is 10.9 Å². The summed E-state index contributed by atoms with van der Waals surface area (Å²) in [6, 6.07) is 7.13. The van der Waals surface area contributed by atoms with Crippen molar-refractivity contribution >= 4 is 44.5 Å². The second kappa shape index (κ2) is 7.10. The summed E-state index contributed by atoms with van der Waals surface area (Å²) in [5.74, 6) is -0.161. The average molecular weight is 406 g/mol. The molecule has 1 amide bonds. The first-order chi connectivity index (χ1) is 12.0. The predicted octanol–water partition coefficient (Wildman–Crippen LogP) is 3.80. The number of esters is 1. The van der Waals surface area contributed by atoms with Gasteiger partial charge in [-0.2, -0.15) is 0 Å². The van der Waals surface area contributed by atoms with E-state index in [0.29, 0.717) is 17.7 Å². The number of aryl methyl sites for hydroxylation is 1. The van der Waals surface area contributed by atoms with Crippen LogP contribution in [0.1, 0.15) is 29.5 Å². The molecule has 3 aromatic rings. The molecule has 7 nitrogen and oxygen atoms in total. The Bertz CT molecular complexity index is 931. The summed E-state index contributed by atoms with van der Waals surface area (Å²) in [6.45, 7) is 3.48. The first-order valence-corrected chi connectivity index (χ1v) is 8.49. The number of nitrogens with zero attached hydrogens (tertiary/aromatic N) is 1. The zero-order valence-corrected chi connectivity index (χ0v) is 15.2. The highest BCUT2D eigenvalue weighted by molar-refractivity contribution is 9.10. The van der Waals surface area contributed by atoms with Crippen molar-refractivity contribution in [3.8, 4) is 0 Å². The molecule has 2 aromatic heterocycles. The Morgan fingerprint density at radius 3 is 2.88 bits per heavy atom. The monoisotopic (exact) mass is 405 g/mol. The molecule has 0 spiro atoms. The molecule has 0 unspecified atom stereocenters. The molecule has 1 aromatic carbocycles. The minimum Gasteiger partial charge on any atom is -0.449 e. The van der Waals surface area contributed by atoms with Gasteiger partial charge in [0.25, 0.3) is 5.91 Å². The lowest BCUT2D eigenvalue weighted by Gasteiger charge is -2.14. The highest BCUT2D eigenvalue weighted by atomic mass is 79.9. The van der Waals surface area contributed by atoms with Crippen molar-refractivity contribution < 1.29 is 18.8 Å². The van der Waals surface area contributed by atoms with Crippen LogP contribution in [0.4, 0.5) is 5.82 Å². The number of halogens is 1. The quantitative estimate of drug-likeness (QED) is 0.629. The molecule has 1 atom stereocenters. The van der Waals surface area contributed by atoms with Gasteiger partial charge in [-0.25, -0.2) is 4.79 Å². The second-order valence-electron chi connectivity index (χ2n) is 5.51. The lowest BCUT2D eigenvalue weighted by Crippen LogP contribution is -2.32. The van der Waals surface area contributed by atoms with Gasteiger partial charge in [0, 0.05) is 27.6 Å². The summed E-state index contributed by atoms with van der Waals surface area (Å²) in [7, 11) is 0. The molecule has 8 heteroatoms. The van der Waals surface area contributed by atoms with E-state index in [1.54, 1.807) is 26.1 Å². The van der Waals surface area contributed by atoms with Crippen LogP contribution in [-0.2, 0) is 9.53 Å². The van der Waals surface area contributed by atoms with Crippen LogP contribution >= 0.6 is 15.9 Å². The molecule has 0 saturated heterocycles. The van der Waals surface area contributed by atoms with Crippen LogP contribution in [-0.4, -0.2) is 28.1 Å². The Morgan fingerprint density at radius 2 is 2.20 bits per heavy atom. The number of aromatic nitrogens is 2. The number of amides is 1. The van der Waals surface area contributed by atoms with Crippen molar-refractivity contribution in [3.63, 3.8) is 0 Å². The Labute approximate surface area is 151 Å². The number of ether oxygens (including phenoxy) is 1. The van der Waals surface area contributed by atoms with E-state index in [1.807, 2.05) is 18.2 Å². The molecule has 2 N–H and O–H groups in total. The first-order valence-electron chi connectivity index (χ1n) is 7.69. The van der Waals surface area contributed by atoms with Gasteiger partial charge in [0.05, 0.1) is 5.56 Å². The molecule has 0 saturated carbocycles. The number of H-pyrrole nitrogens is 1. The summed E-state index contributed by atoms with van der Waals surface area (Å²) in [5, 5.41) is 6.99. The molecule has 0 fully saturated rings. The average Bonchev–Trinajstić information content (AvgIpc) is 3.18. The summed E-state index contributed by atoms with van der Waals surface area (Å²) in [6.07, 6.45) is 0.979. The molecule has 0 radical (unpaired) electrons. The number of aromatic amines is 1. The normalized spacial score (nSPS) is 12.1. The minimum atomic E-state index is -0.929. The standard InChI is InChI=1S/C17H16BrN3O4/c1-3-14(16(22)20-15-6-9(2)25-21-15)24-17(23)12-8-19-13-5-4-10(18)7-11(12)13/h4-8,14,19H,3H2,1-2H3,(H,20,21,22)/t14-/m1/s1. The summed E-state index contributed by atoms with van der Waals surface area (Å²) < 4.78 is 11.1. The van der Waals surface area contributed by atoms with Gasteiger partial charge < -0.3 is 19.6 Å². The third kappa shape index (κ3) is 3.74. The van der Waals surface area contributed by atoms with E-state index in [0.717, 1.165) is 15.4 Å². The van der Waals surface area contributed by atoms with Crippen molar-refractivity contribution in [2.24, 2.45) is 0 Å². The van der Waals surface area contributed by atoms with Gasteiger partial charge in [0.15, 0.2) is 11.9 Å². The van der Waals surface area contributed by atoms with Crippen LogP contribution in [0.15, 0.2) is 39.5 Å². The number of anilines is 1. The van der Waals surface area contributed by atoms with Crippen molar-refractivity contribution in [3.05, 3.63) is 46.3 Å². The topological polar surface area (TPSA) is 97.2 Å². The van der Waals surface area contributed by atoms with Gasteiger partial charge in [0.2, 0.25) is 0 Å². The molecule has 0 aliphatic heterocycles. The van der Waals surface area contributed by atoms with Crippen LogP contribution in [0.3, 0.4) is 0 Å². The molecular weight excluding hydrogens is 390 g/mol. The molecule has 0 bridgehead atoms. The first kappa shape index (κ1) is 17.2. The fourth-order valence-corrected chi connectivity index (χ4v) is 2.77. The van der Waals surface area contributed by atoms with E-state index in [4.69, 9.17) is 9.26 Å². The van der Waals surface area contributed by atoms with E-state index >= 15 is 0 Å². The summed E-state index contributed by atoms with van der Waals surface area (Å²) in [5.41, 5.74) is 1.19. The third-order valence-electron chi connectivity index (χ3n) is 3.66. The lowest BCUT2D eigenvalue weighted by molar-refractivity contribution is -0.124. The maximum absolute atomic E-state index is 12.5. The number of hydrogen-bond acceptors (Lipinski definition) is 5. The van der Waals surface area contributed by atoms with Crippen molar-refractivity contribution in [1.82, 2.24) is 10.1 Å². The minimum absolute atomic E-state index is 0.285. The third-order valence-corrected chi connectivity index (χ3v) is 4.15. The summed E-state index contributed by atoms with van der Waals surface area (Å²) >= 11 is 3.38. The van der Waals surface area contributed by atoms with Crippen molar-refractivity contribution in [1.29, 1.82) is 0 Å². The molecule has 0 aliphatic rings. The van der Waals surface area contributed by atoms with Crippen LogP contribution in [0.2, 0.25) is 0 Å². The molecule has 0 aliphatic carbocycles. The van der Waals surface area contributed by atoms with Crippen molar-refractivity contribution in [2.75, 3.05) is 5.32 Å². The number of rotatable bonds is 5. The SMILES string of the molecule is CC[C@@H](OC(=O)c1c[nH]c2ccc(Br)cc12)C(=O)Nc1cc(C)on1. The number of fused-ring (bicyclic) bond motifs is 1. The van der Waals surface area contributed by atoms with Crippen LogP contribution in [0.5, 0.6) is 0 Å². The van der Waals surface area contributed by atoms with E-state index in [2.05, 4.69) is 31.4 Å². The smallest absolute Gasteiger partial charge is 0.341 e. The molecule has 3 rings (SSSR count). The number of hydrogen-bond donors (Lipinski definition) is 2. The fraction of sp³-hybridized carbons (Fsp3) is 0.235. The molecule has 25 heavy (non-hydrogen) atoms. The number of carbonyl (C=O) groups is 2. The van der Waals surface area contributed by atoms with Gasteiger partial charge in [-0.05, 0) is 31.5 Å². The molecule has 130 valence electrons. The summed E-state index contributed by atoms with van der Waals surface area (Å²) in [4.78, 5) is 27.8. The largest absolute Gasteiger partial charge is 0.449 e. The maximum atomic E-state index is 12.5. The second-order valence-corrected chi connectivity index (χ2v) is 6.42. The molecular formula is C17H16BrN3O4. The van der Waals surface area contributed by atoms with Crippen LogP contribution in [0, 0.1) is 6.92 Å². The van der Waals surface area contributed by atoms with E-state index in [-0.39, 0.29) is 5.82 Å². The number of carbonyl (C=O) groups excluding carboxylic acids is 2. The zero-order chi connectivity index (χ0) is 18.0. The Morgan fingerprint density at radius 1 is 1.40 bits per heavy atom. The van der Waals surface area contributed by atoms with Gasteiger partial charge in [-0.3, -0.25) is 4.79 Å². The molecule has 2 heterocycles. The maximum Gasteiger partial charge on any atom is 0.341 e. The van der Waals surface area contributed by atoms with Gasteiger partial charge in [-0.15, -0.1) is 0 Å². The van der Waals surface area contributed by atoms with Crippen LogP contribution < -0.4 is 5.32 Å². The highest BCUT2D eigenvalue weighted by Gasteiger charge is 2.24. The van der Waals surface area contributed by atoms with E-state index in [9.17, 15) is 9.59 Å². The highest BCUT2D eigenvalue weighted by Crippen LogP contribution is 2.24. The number of benzene rings is 1. The van der Waals surface area contributed by atoms with Gasteiger partial charge in [0.1, 0.15) is 5.76 Å². The zero-order valence-electron chi connectivity index (χ0n) is 13.6. The van der Waals surface area contributed by atoms with E-state index in [1.165, 1.54) is 0 Å². The van der Waals surface area contributed by atoms with E-state index < -0.39 is 18.0 Å².